The molecule has 1 heterocycles. The lowest BCUT2D eigenvalue weighted by atomic mass is 10.0. The maximum Gasteiger partial charge on any atom is 0.416 e. The molecule has 3 atom stereocenters. The van der Waals surface area contributed by atoms with Gasteiger partial charge < -0.3 is 9.29 Å². The highest BCUT2D eigenvalue weighted by atomic mass is 32.2. The molecule has 27 heavy (non-hydrogen) atoms. The van der Waals surface area contributed by atoms with Gasteiger partial charge in [0.1, 0.15) is 11.9 Å². The molecule has 2 aliphatic rings. The van der Waals surface area contributed by atoms with Crippen LogP contribution in [0.4, 0.5) is 13.2 Å². The van der Waals surface area contributed by atoms with Gasteiger partial charge in [-0.05, 0) is 42.2 Å². The van der Waals surface area contributed by atoms with Crippen LogP contribution in [-0.4, -0.2) is 10.5 Å². The summed E-state index contributed by atoms with van der Waals surface area (Å²) in [5.41, 5.74) is 1.03. The minimum absolute atomic E-state index is 0.170. The SMILES string of the molecule is O=C1CC(c2ccc(O[C@@H]3CCc4c3cccc4C(F)(F)F)cc2)[S+]([O-])N1. The fraction of sp³-hybridized carbons (Fsp3) is 0.316. The van der Waals surface area contributed by atoms with Crippen LogP contribution in [0.5, 0.6) is 5.75 Å². The van der Waals surface area contributed by atoms with Crippen LogP contribution < -0.4 is 9.46 Å². The maximum absolute atomic E-state index is 13.2. The van der Waals surface area contributed by atoms with Gasteiger partial charge >= 0.3 is 6.18 Å². The van der Waals surface area contributed by atoms with Gasteiger partial charge in [0.15, 0.2) is 5.25 Å². The first-order chi connectivity index (χ1) is 12.8. The Kier molecular flexibility index (Phi) is 4.55. The smallest absolute Gasteiger partial charge is 0.416 e. The molecule has 1 aliphatic carbocycles. The minimum atomic E-state index is -4.37. The van der Waals surface area contributed by atoms with Crippen LogP contribution in [0.1, 0.15) is 46.4 Å². The average molecular weight is 395 g/mol. The van der Waals surface area contributed by atoms with Gasteiger partial charge in [-0.1, -0.05) is 24.3 Å². The molecule has 2 aromatic carbocycles. The van der Waals surface area contributed by atoms with Crippen LogP contribution in [-0.2, 0) is 28.8 Å². The van der Waals surface area contributed by atoms with Crippen molar-refractivity contribution in [2.24, 2.45) is 0 Å². The van der Waals surface area contributed by atoms with Gasteiger partial charge in [-0.2, -0.15) is 17.9 Å². The predicted molar refractivity (Wildman–Crippen MR) is 93.2 cm³/mol. The summed E-state index contributed by atoms with van der Waals surface area (Å²) < 4.78 is 59.6. The van der Waals surface area contributed by atoms with Crippen LogP contribution in [0, 0.1) is 0 Å². The van der Waals surface area contributed by atoms with Gasteiger partial charge in [0.2, 0.25) is 0 Å². The highest BCUT2D eigenvalue weighted by Gasteiger charge is 2.38. The molecule has 1 aliphatic heterocycles. The lowest BCUT2D eigenvalue weighted by Gasteiger charge is -2.17. The summed E-state index contributed by atoms with van der Waals surface area (Å²) in [5.74, 6) is 0.277. The van der Waals surface area contributed by atoms with Gasteiger partial charge in [-0.3, -0.25) is 4.79 Å². The minimum Gasteiger partial charge on any atom is -0.593 e. The van der Waals surface area contributed by atoms with Crippen molar-refractivity contribution in [2.75, 3.05) is 0 Å². The van der Waals surface area contributed by atoms with Crippen LogP contribution in [0.2, 0.25) is 0 Å². The number of rotatable bonds is 3. The fourth-order valence-corrected chi connectivity index (χ4v) is 4.80. The van der Waals surface area contributed by atoms with Crippen LogP contribution in [0.3, 0.4) is 0 Å². The topological polar surface area (TPSA) is 61.4 Å². The Labute approximate surface area is 157 Å². The number of carbonyl (C=O) groups excluding carboxylic acids is 1. The van der Waals surface area contributed by atoms with Gasteiger partial charge in [0.05, 0.1) is 23.3 Å². The molecule has 0 bridgehead atoms. The molecule has 1 saturated heterocycles. The summed E-state index contributed by atoms with van der Waals surface area (Å²) >= 11 is -1.44. The molecule has 0 spiro atoms. The number of amides is 1. The zero-order chi connectivity index (χ0) is 19.2. The monoisotopic (exact) mass is 395 g/mol. The Bertz CT molecular complexity index is 869. The molecule has 0 saturated carbocycles. The van der Waals surface area contributed by atoms with E-state index in [4.69, 9.17) is 4.74 Å². The molecular weight excluding hydrogens is 379 g/mol. The van der Waals surface area contributed by atoms with Crippen molar-refractivity contribution in [3.8, 4) is 5.75 Å². The zero-order valence-corrected chi connectivity index (χ0v) is 14.9. The molecule has 142 valence electrons. The Balaban J connectivity index is 1.51. The largest absolute Gasteiger partial charge is 0.593 e. The van der Waals surface area contributed by atoms with Gasteiger partial charge in [-0.25, -0.2) is 0 Å². The lowest BCUT2D eigenvalue weighted by Crippen LogP contribution is -2.21. The number of ether oxygens (including phenoxy) is 1. The van der Waals surface area contributed by atoms with E-state index < -0.39 is 34.5 Å². The molecular formula is C19H16F3NO3S. The molecule has 1 amide bonds. The first kappa shape index (κ1) is 18.2. The third kappa shape index (κ3) is 3.51. The van der Waals surface area contributed by atoms with Crippen molar-refractivity contribution < 1.29 is 27.3 Å². The van der Waals surface area contributed by atoms with E-state index in [1.807, 2.05) is 0 Å². The van der Waals surface area contributed by atoms with Crippen LogP contribution in [0.25, 0.3) is 0 Å². The predicted octanol–water partition coefficient (Wildman–Crippen LogP) is 4.00. The molecule has 2 unspecified atom stereocenters. The summed E-state index contributed by atoms with van der Waals surface area (Å²) in [6, 6.07) is 11.1. The van der Waals surface area contributed by atoms with Crippen LogP contribution >= 0.6 is 0 Å². The van der Waals surface area contributed by atoms with Crippen molar-refractivity contribution in [1.29, 1.82) is 0 Å². The standard InChI is InChI=1S/C19H16F3NO3S/c20-19(21,22)15-3-1-2-14-13(15)8-9-16(14)26-12-6-4-11(5-7-12)17-10-18(24)23-27(17)25/h1-7,16-17H,8-10H2,(H,23,24)/t16-,17?,27?/m1/s1. The molecule has 8 heteroatoms. The van der Waals surface area contributed by atoms with E-state index in [9.17, 15) is 22.5 Å². The van der Waals surface area contributed by atoms with E-state index in [0.29, 0.717) is 29.7 Å². The molecule has 1 fully saturated rings. The van der Waals surface area contributed by atoms with Crippen molar-refractivity contribution in [2.45, 2.75) is 36.8 Å². The fourth-order valence-electron chi connectivity index (χ4n) is 3.64. The number of alkyl halides is 3. The van der Waals surface area contributed by atoms with E-state index in [1.165, 1.54) is 6.07 Å². The van der Waals surface area contributed by atoms with E-state index in [1.54, 1.807) is 30.3 Å². The molecule has 4 rings (SSSR count). The van der Waals surface area contributed by atoms with E-state index >= 15 is 0 Å². The number of nitrogens with one attached hydrogen (secondary N) is 1. The Morgan fingerprint density at radius 3 is 2.52 bits per heavy atom. The first-order valence-electron chi connectivity index (χ1n) is 8.48. The quantitative estimate of drug-likeness (QED) is 0.800. The molecule has 4 nitrogen and oxygen atoms in total. The molecule has 0 aromatic heterocycles. The van der Waals surface area contributed by atoms with Gasteiger partial charge in [0, 0.05) is 5.56 Å². The van der Waals surface area contributed by atoms with Crippen molar-refractivity contribution in [3.05, 3.63) is 64.7 Å². The summed E-state index contributed by atoms with van der Waals surface area (Å²) in [5, 5.41) is -0.395. The van der Waals surface area contributed by atoms with Gasteiger partial charge in [-0.15, -0.1) is 0 Å². The molecule has 1 N–H and O–H groups in total. The van der Waals surface area contributed by atoms with Crippen molar-refractivity contribution in [1.82, 2.24) is 4.72 Å². The Morgan fingerprint density at radius 1 is 1.15 bits per heavy atom. The van der Waals surface area contributed by atoms with Crippen molar-refractivity contribution in [3.63, 3.8) is 0 Å². The number of halogens is 3. The van der Waals surface area contributed by atoms with Crippen LogP contribution in [0.15, 0.2) is 42.5 Å². The number of carbonyl (C=O) groups is 1. The third-order valence-corrected chi connectivity index (χ3v) is 6.28. The summed E-state index contributed by atoms with van der Waals surface area (Å²) in [7, 11) is 0. The molecule has 2 aromatic rings. The number of hydrogen-bond acceptors (Lipinski definition) is 3. The summed E-state index contributed by atoms with van der Waals surface area (Å²) in [6.45, 7) is 0. The second kappa shape index (κ2) is 6.76. The number of fused-ring (bicyclic) bond motifs is 1. The highest BCUT2D eigenvalue weighted by molar-refractivity contribution is 7.90. The molecule has 0 radical (unpaired) electrons. The Morgan fingerprint density at radius 2 is 1.89 bits per heavy atom. The first-order valence-corrected chi connectivity index (χ1v) is 9.70. The normalized spacial score (nSPS) is 24.6. The highest BCUT2D eigenvalue weighted by Crippen LogP contribution is 2.42. The maximum atomic E-state index is 13.2. The zero-order valence-electron chi connectivity index (χ0n) is 14.1. The second-order valence-electron chi connectivity index (χ2n) is 6.60. The van der Waals surface area contributed by atoms with E-state index in [2.05, 4.69) is 4.72 Å². The van der Waals surface area contributed by atoms with E-state index in [-0.39, 0.29) is 12.3 Å². The number of benzene rings is 2. The number of hydrogen-bond donors (Lipinski definition) is 1. The average Bonchev–Trinajstić information content (AvgIpc) is 3.17. The third-order valence-electron chi connectivity index (χ3n) is 4.89. The van der Waals surface area contributed by atoms with Crippen molar-refractivity contribution >= 4 is 17.3 Å². The summed E-state index contributed by atoms with van der Waals surface area (Å²) in [6.07, 6.45) is -3.83. The summed E-state index contributed by atoms with van der Waals surface area (Å²) in [4.78, 5) is 11.3. The Hall–Kier alpha value is -2.19. The van der Waals surface area contributed by atoms with E-state index in [0.717, 1.165) is 11.6 Å². The lowest BCUT2D eigenvalue weighted by molar-refractivity contribution is -0.138. The second-order valence-corrected chi connectivity index (χ2v) is 7.97. The van der Waals surface area contributed by atoms with Gasteiger partial charge in [0.25, 0.3) is 5.91 Å².